The van der Waals surface area contributed by atoms with Crippen LogP contribution < -0.4 is 28.9 Å². The third-order valence-corrected chi connectivity index (χ3v) is 9.35. The molecule has 42 heavy (non-hydrogen) atoms. The van der Waals surface area contributed by atoms with Gasteiger partial charge >= 0.3 is 0 Å². The van der Waals surface area contributed by atoms with Crippen molar-refractivity contribution in [1.29, 1.82) is 0 Å². The predicted molar refractivity (Wildman–Crippen MR) is 187 cm³/mol. The van der Waals surface area contributed by atoms with E-state index in [1.807, 2.05) is 0 Å². The highest BCUT2D eigenvalue weighted by Gasteiger charge is 2.12. The Hall–Kier alpha value is -0.0900. The fourth-order valence-corrected chi connectivity index (χ4v) is 6.44. The van der Waals surface area contributed by atoms with Crippen molar-refractivity contribution >= 4 is 5.69 Å². The molecule has 0 aromatic heterocycles. The number of nitrogens with one attached hydrogen (secondary N) is 1. The number of benzene rings is 1. The molecular weight excluding hydrogens is 621 g/mol. The lowest BCUT2D eigenvalue weighted by atomic mass is 10.0. The van der Waals surface area contributed by atoms with Gasteiger partial charge in [-0.1, -0.05) is 181 Å². The summed E-state index contributed by atoms with van der Waals surface area (Å²) in [5.74, 6) is 0. The van der Waals surface area contributed by atoms with Gasteiger partial charge in [-0.25, -0.2) is 0 Å². The summed E-state index contributed by atoms with van der Waals surface area (Å²) in [4.78, 5) is 1.73. The summed E-state index contributed by atoms with van der Waals surface area (Å²) in [5.41, 5.74) is 3.09. The molecule has 1 N–H and O–H groups in total. The molecule has 2 heteroatoms. The summed E-state index contributed by atoms with van der Waals surface area (Å²) >= 11 is 0. The second-order valence-electron chi connectivity index (χ2n) is 13.4. The van der Waals surface area contributed by atoms with Crippen LogP contribution >= 0.6 is 0 Å². The van der Waals surface area contributed by atoms with E-state index >= 15 is 0 Å². The second-order valence-corrected chi connectivity index (χ2v) is 13.4. The number of quaternary nitrogens is 1. The topological polar surface area (TPSA) is 4.44 Å². The summed E-state index contributed by atoms with van der Waals surface area (Å²) in [6.07, 6.45) is 41.3. The molecule has 0 spiro atoms. The molecule has 1 unspecified atom stereocenters. The molecule has 0 bridgehead atoms. The Kier molecular flexibility index (Phi) is 33.7. The number of rotatable bonds is 32. The first-order chi connectivity index (χ1) is 20.3. The Morgan fingerprint density at radius 3 is 1.02 bits per heavy atom. The minimum atomic E-state index is 0. The van der Waals surface area contributed by atoms with Gasteiger partial charge in [0, 0.05) is 0 Å². The van der Waals surface area contributed by atoms with Gasteiger partial charge in [0.2, 0.25) is 0 Å². The highest BCUT2D eigenvalue weighted by Crippen LogP contribution is 2.16. The quantitative estimate of drug-likeness (QED) is 0.0565. The van der Waals surface area contributed by atoms with Crippen molar-refractivity contribution < 1.29 is 28.9 Å². The Balaban J connectivity index is 0.0000168. The van der Waals surface area contributed by atoms with Crippen molar-refractivity contribution in [2.45, 2.75) is 207 Å². The lowest BCUT2D eigenvalue weighted by Gasteiger charge is -2.19. The van der Waals surface area contributed by atoms with Crippen LogP contribution in [0.2, 0.25) is 0 Å². The number of halogens is 1. The van der Waals surface area contributed by atoms with Crippen LogP contribution in [-0.4, -0.2) is 13.1 Å². The highest BCUT2D eigenvalue weighted by atomic mass is 127. The fourth-order valence-electron chi connectivity index (χ4n) is 6.44. The Bertz CT molecular complexity index is 627. The van der Waals surface area contributed by atoms with Gasteiger partial charge < -0.3 is 28.9 Å². The van der Waals surface area contributed by atoms with Crippen LogP contribution in [0.25, 0.3) is 0 Å². The van der Waals surface area contributed by atoms with E-state index in [-0.39, 0.29) is 24.0 Å². The summed E-state index contributed by atoms with van der Waals surface area (Å²) in [6.45, 7) is 9.57. The number of aryl methyl sites for hydroxylation is 1. The third-order valence-electron chi connectivity index (χ3n) is 9.35. The Morgan fingerprint density at radius 1 is 0.357 bits per heavy atom. The van der Waals surface area contributed by atoms with E-state index in [4.69, 9.17) is 0 Å². The molecule has 0 saturated carbocycles. The monoisotopic (exact) mass is 698 g/mol. The molecule has 248 valence electrons. The van der Waals surface area contributed by atoms with E-state index in [9.17, 15) is 0 Å². The number of hydrogen-bond acceptors (Lipinski definition) is 0. The van der Waals surface area contributed by atoms with Gasteiger partial charge in [0.25, 0.3) is 0 Å². The largest absolute Gasteiger partial charge is 1.00 e. The van der Waals surface area contributed by atoms with Gasteiger partial charge in [0.1, 0.15) is 5.69 Å². The minimum Gasteiger partial charge on any atom is -1.00 e. The smallest absolute Gasteiger partial charge is 0.131 e. The molecular formula is C40H76IN. The minimum absolute atomic E-state index is 0. The number of unbranched alkanes of at least 4 members (excludes halogenated alkanes) is 25. The van der Waals surface area contributed by atoms with Gasteiger partial charge in [-0.15, -0.1) is 0 Å². The van der Waals surface area contributed by atoms with Crippen LogP contribution in [0.3, 0.4) is 0 Å². The van der Waals surface area contributed by atoms with Crippen LogP contribution in [0.15, 0.2) is 24.3 Å². The van der Waals surface area contributed by atoms with Gasteiger partial charge in [0.15, 0.2) is 0 Å². The Labute approximate surface area is 283 Å². The molecule has 0 radical (unpaired) electrons. The van der Waals surface area contributed by atoms with Gasteiger partial charge in [-0.05, 0) is 56.2 Å². The summed E-state index contributed by atoms with van der Waals surface area (Å²) < 4.78 is 0. The highest BCUT2D eigenvalue weighted by molar-refractivity contribution is 5.32. The van der Waals surface area contributed by atoms with Crippen molar-refractivity contribution in [3.8, 4) is 0 Å². The predicted octanol–water partition coefficient (Wildman–Crippen LogP) is 9.73. The molecule has 1 aromatic rings. The van der Waals surface area contributed by atoms with Crippen molar-refractivity contribution in [2.75, 3.05) is 13.1 Å². The lowest BCUT2D eigenvalue weighted by molar-refractivity contribution is -0.833. The zero-order chi connectivity index (χ0) is 29.5. The Morgan fingerprint density at radius 2 is 0.643 bits per heavy atom. The zero-order valence-corrected chi connectivity index (χ0v) is 31.3. The van der Waals surface area contributed by atoms with E-state index in [2.05, 4.69) is 45.0 Å². The number of hydrogen-bond donors (Lipinski definition) is 1. The molecule has 0 aliphatic heterocycles. The van der Waals surface area contributed by atoms with Crippen molar-refractivity contribution in [3.63, 3.8) is 0 Å². The van der Waals surface area contributed by atoms with Crippen molar-refractivity contribution in [3.05, 3.63) is 29.8 Å². The molecule has 0 saturated heterocycles. The fraction of sp³-hybridized carbons (Fsp3) is 0.850. The van der Waals surface area contributed by atoms with Crippen molar-refractivity contribution in [1.82, 2.24) is 0 Å². The third kappa shape index (κ3) is 26.3. The van der Waals surface area contributed by atoms with Gasteiger partial charge in [-0.3, -0.25) is 0 Å². The zero-order valence-electron chi connectivity index (χ0n) is 29.1. The van der Waals surface area contributed by atoms with Gasteiger partial charge in [-0.2, -0.15) is 0 Å². The SMILES string of the molecule is CCCCCCCCCCCCCCCCCCCCc1ccc([NH+](CCCCC)CCCCCCCCC)cc1.[I-]. The average Bonchev–Trinajstić information content (AvgIpc) is 2.99. The van der Waals surface area contributed by atoms with E-state index in [1.165, 1.54) is 205 Å². The van der Waals surface area contributed by atoms with Crippen LogP contribution in [0.1, 0.15) is 206 Å². The lowest BCUT2D eigenvalue weighted by Crippen LogP contribution is -3.07. The van der Waals surface area contributed by atoms with E-state index in [0.717, 1.165) is 0 Å². The molecule has 1 rings (SSSR count). The van der Waals surface area contributed by atoms with E-state index in [0.29, 0.717) is 0 Å². The molecule has 0 aliphatic rings. The molecule has 0 fully saturated rings. The van der Waals surface area contributed by atoms with Crippen molar-refractivity contribution in [2.24, 2.45) is 0 Å². The van der Waals surface area contributed by atoms with E-state index < -0.39 is 0 Å². The first-order valence-electron chi connectivity index (χ1n) is 19.3. The normalized spacial score (nSPS) is 12.0. The summed E-state index contributed by atoms with van der Waals surface area (Å²) in [7, 11) is 0. The molecule has 1 atom stereocenters. The standard InChI is InChI=1S/C40H75N.HI/c1-4-7-10-12-14-15-16-17-18-19-20-21-22-23-24-25-27-29-32-39-33-35-40(36-34-39)41(37-30-9-6-3)38-31-28-26-13-11-8-5-2;/h33-36H,4-32,37-38H2,1-3H3;1H. The second kappa shape index (κ2) is 33.8. The molecule has 1 nitrogen and oxygen atoms in total. The van der Waals surface area contributed by atoms with Gasteiger partial charge in [0.05, 0.1) is 13.1 Å². The molecule has 0 aliphatic carbocycles. The molecule has 0 amide bonds. The first-order valence-corrected chi connectivity index (χ1v) is 19.3. The first kappa shape index (κ1) is 41.9. The maximum Gasteiger partial charge on any atom is 0.131 e. The molecule has 0 heterocycles. The van der Waals surface area contributed by atoms with Crippen LogP contribution in [0, 0.1) is 0 Å². The van der Waals surface area contributed by atoms with Crippen LogP contribution in [-0.2, 0) is 6.42 Å². The van der Waals surface area contributed by atoms with Crippen LogP contribution in [0.5, 0.6) is 0 Å². The maximum atomic E-state index is 2.45. The average molecular weight is 698 g/mol. The summed E-state index contributed by atoms with van der Waals surface area (Å²) in [6, 6.07) is 9.78. The summed E-state index contributed by atoms with van der Waals surface area (Å²) in [5, 5.41) is 0. The van der Waals surface area contributed by atoms with E-state index in [1.54, 1.807) is 10.5 Å². The van der Waals surface area contributed by atoms with Crippen LogP contribution in [0.4, 0.5) is 5.69 Å². The molecule has 1 aromatic carbocycles. The maximum absolute atomic E-state index is 2.45.